The van der Waals surface area contributed by atoms with Crippen molar-refractivity contribution < 1.29 is 56.6 Å². The van der Waals surface area contributed by atoms with Gasteiger partial charge in [-0.1, -0.05) is 88.5 Å². The topological polar surface area (TPSA) is 15.5 Å². The molecule has 4 aromatic heterocycles. The SMILES string of the molecule is [2H]C([2H])([2H])Cc1ccc(-c2cc(C)c(C([2H])([2H])[2H])c[n+]2C)c(C)c1.[2H]C([2H])([2H])c1c[n+](C)c(-c2ccc(C([2H])(C)C([2H])([2H])[2H])cc2C)cc1C.[2H]C([2H])([2H])c1c[n+](C)c(-c2ccc(C([2H])([2H])C([2H])(C)C([2H])([2H])[2H])cc2C)cc1C.[2H]C([2H])([2H])c1ccc(-c2c(C)cc(C([2H])([2H])[2H])c[n+]2C)c(C)c1. The van der Waals surface area contributed by atoms with Gasteiger partial charge < -0.3 is 0 Å². The molecule has 2 unspecified atom stereocenters. The highest BCUT2D eigenvalue weighted by Gasteiger charge is 2.19. The molecule has 2 atom stereocenters. The van der Waals surface area contributed by atoms with Crippen LogP contribution in [0.2, 0.25) is 0 Å². The molecule has 0 radical (unpaired) electrons. The van der Waals surface area contributed by atoms with E-state index in [-0.39, 0.29) is 23.1 Å². The van der Waals surface area contributed by atoms with Crippen LogP contribution in [-0.2, 0) is 41.0 Å². The molecule has 4 nitrogen and oxygen atoms in total. The Kier molecular flexibility index (Phi) is 10.4. The number of aromatic nitrogens is 4. The van der Waals surface area contributed by atoms with Gasteiger partial charge in [-0.3, -0.25) is 0 Å². The normalized spacial score (nSPS) is 19.6. The van der Waals surface area contributed by atoms with Gasteiger partial charge in [0.1, 0.15) is 28.2 Å². The van der Waals surface area contributed by atoms with Gasteiger partial charge in [-0.15, -0.1) is 0 Å². The van der Waals surface area contributed by atoms with E-state index in [1.165, 1.54) is 13.0 Å². The number of rotatable bonds is 8. The van der Waals surface area contributed by atoms with Crippen molar-refractivity contribution in [2.24, 2.45) is 34.1 Å². The van der Waals surface area contributed by atoms with E-state index in [4.69, 9.17) is 38.4 Å². The summed E-state index contributed by atoms with van der Waals surface area (Å²) in [6.07, 6.45) is 4.07. The molecule has 74 heavy (non-hydrogen) atoms. The fraction of sp³-hybridized carbons (Fsp3) is 0.371. The van der Waals surface area contributed by atoms with Gasteiger partial charge in [-0.05, 0) is 200 Å². The molecule has 0 N–H and O–H groups in total. The lowest BCUT2D eigenvalue weighted by Crippen LogP contribution is -2.32. The van der Waals surface area contributed by atoms with E-state index >= 15 is 0 Å². The molecule has 0 saturated heterocycles. The Morgan fingerprint density at radius 1 is 0.419 bits per heavy atom. The van der Waals surface area contributed by atoms with E-state index in [0.29, 0.717) is 44.5 Å². The summed E-state index contributed by atoms with van der Waals surface area (Å²) in [4.78, 5) is 0. The minimum atomic E-state index is -2.79. The summed E-state index contributed by atoms with van der Waals surface area (Å²) in [5, 5.41) is 0. The van der Waals surface area contributed by atoms with Crippen molar-refractivity contribution in [1.82, 2.24) is 0 Å². The van der Waals surface area contributed by atoms with Gasteiger partial charge in [0.25, 0.3) is 0 Å². The number of hydrogen-bond acceptors (Lipinski definition) is 0. The standard InChI is InChI=1S/C19H26N.C18H24N.C17H22N.C16H20N/c1-13(2)9-17-7-8-18(15(4)10-17)19-11-14(3)16(5)12-20(19)6;1-12(2)16-7-8-17(14(4)9-16)18-10-13(3)15(5)11-19(18)6;1-6-15-7-8-16(13(3)9-15)17-10-12(2)14(4)11-18(17)5;1-11-6-7-15(13(3)8-11)16-14(4)9-12(2)10-17(16)5/h7-8,10-13H,9H2,1-6H3;7-12H,1-6H3;7-11H,6H2,1-5H3;6-10H,1-5H3/q4*+1/i1D3,5D3,9D2,13D;1D3,5D3,12D;1D3,4D3;1D3,2D3. The third kappa shape index (κ3) is 14.8. The minimum Gasteiger partial charge on any atom is -0.201 e. The summed E-state index contributed by atoms with van der Waals surface area (Å²) in [6.45, 7) is -0.958. The molecular formula is C70H92N4+4. The zero-order chi connectivity index (χ0) is 78.5. The van der Waals surface area contributed by atoms with Gasteiger partial charge in [0.05, 0.1) is 0 Å². The van der Waals surface area contributed by atoms with Crippen LogP contribution in [-0.4, -0.2) is 0 Å². The first-order chi connectivity index (χ1) is 45.9. The maximum Gasteiger partial charge on any atom is 0.215 e. The molecule has 0 spiro atoms. The van der Waals surface area contributed by atoms with E-state index in [2.05, 4.69) is 0 Å². The van der Waals surface area contributed by atoms with Crippen LogP contribution in [0.4, 0.5) is 0 Å². The third-order valence-corrected chi connectivity index (χ3v) is 12.9. The lowest BCUT2D eigenvalue weighted by molar-refractivity contribution is -0.661. The largest absolute Gasteiger partial charge is 0.215 e. The molecule has 0 fully saturated rings. The van der Waals surface area contributed by atoms with Crippen molar-refractivity contribution in [3.63, 3.8) is 0 Å². The van der Waals surface area contributed by atoms with E-state index in [9.17, 15) is 0 Å². The molecule has 388 valence electrons. The summed E-state index contributed by atoms with van der Waals surface area (Å²) in [7, 11) is 7.15. The number of hydrogen-bond donors (Lipinski definition) is 0. The molecule has 0 aliphatic heterocycles. The zero-order valence-corrected chi connectivity index (χ0v) is 45.5. The van der Waals surface area contributed by atoms with E-state index in [1.807, 2.05) is 65.1 Å². The Morgan fingerprint density at radius 3 is 1.31 bits per heavy atom. The van der Waals surface area contributed by atoms with Crippen molar-refractivity contribution in [3.05, 3.63) is 211 Å². The maximum atomic E-state index is 8.32. The van der Waals surface area contributed by atoms with E-state index in [0.717, 1.165) is 79.8 Å². The summed E-state index contributed by atoms with van der Waals surface area (Å²) < 4.78 is 221. The molecule has 0 aliphatic carbocycles. The Labute approximate surface area is 488 Å². The van der Waals surface area contributed by atoms with Crippen LogP contribution in [0.25, 0.3) is 45.0 Å². The molecule has 0 amide bonds. The Bertz CT molecular complexity index is 4340. The number of nitrogens with zero attached hydrogens (tertiary/aromatic N) is 4. The molecule has 0 aliphatic rings. The Hall–Kier alpha value is -6.52. The van der Waals surface area contributed by atoms with Crippen LogP contribution in [0.5, 0.6) is 0 Å². The minimum absolute atomic E-state index is 0.0389. The Balaban J connectivity index is 0.000000246. The highest BCUT2D eigenvalue weighted by atomic mass is 14.9. The monoisotopic (exact) mass is 1020 g/mol. The first-order valence-electron chi connectivity index (χ1n) is 38.3. The second kappa shape index (κ2) is 25.6. The predicted octanol–water partition coefficient (Wildman–Crippen LogP) is 15.6. The van der Waals surface area contributed by atoms with Gasteiger partial charge in [-0.25, -0.2) is 18.3 Å². The summed E-state index contributed by atoms with van der Waals surface area (Å²) in [5.74, 6) is -4.02. The number of pyridine rings is 4. The van der Waals surface area contributed by atoms with Crippen LogP contribution in [0.3, 0.4) is 0 Å². The summed E-state index contributed by atoms with van der Waals surface area (Å²) in [5.41, 5.74) is 15.9. The molecule has 0 bridgehead atoms. The van der Waals surface area contributed by atoms with Gasteiger partial charge in [-0.2, -0.15) is 0 Å². The quantitative estimate of drug-likeness (QED) is 0.135. The first-order valence-corrected chi connectivity index (χ1v) is 24.3. The van der Waals surface area contributed by atoms with Crippen molar-refractivity contribution >= 4 is 0 Å². The van der Waals surface area contributed by atoms with Gasteiger partial charge in [0, 0.05) is 107 Å². The van der Waals surface area contributed by atoms with Crippen LogP contribution in [0.1, 0.15) is 168 Å². The van der Waals surface area contributed by atoms with Crippen LogP contribution in [0.15, 0.2) is 122 Å². The fourth-order valence-corrected chi connectivity index (χ4v) is 8.83. The molecular weight excluding hydrogens is 897 g/mol. The van der Waals surface area contributed by atoms with E-state index < -0.39 is 73.0 Å². The highest BCUT2D eigenvalue weighted by molar-refractivity contribution is 5.66. The molecule has 8 rings (SSSR count). The highest BCUT2D eigenvalue weighted by Crippen LogP contribution is 2.28. The first kappa shape index (κ1) is 30.1. The fourth-order valence-electron chi connectivity index (χ4n) is 8.83. The van der Waals surface area contributed by atoms with Gasteiger partial charge in [0.2, 0.25) is 22.8 Å². The van der Waals surface area contributed by atoms with Crippen LogP contribution >= 0.6 is 0 Å². The third-order valence-electron chi connectivity index (χ3n) is 12.9. The molecule has 4 heterocycles. The number of benzene rings is 4. The van der Waals surface area contributed by atoms with Gasteiger partial charge >= 0.3 is 0 Å². The lowest BCUT2D eigenvalue weighted by atomic mass is 9.95. The van der Waals surface area contributed by atoms with Crippen molar-refractivity contribution in [2.75, 3.05) is 0 Å². The summed E-state index contributed by atoms with van der Waals surface area (Å²) >= 11 is 0. The molecule has 8 aromatic rings. The van der Waals surface area contributed by atoms with Crippen molar-refractivity contribution in [2.45, 2.75) is 143 Å². The molecule has 4 heteroatoms. The maximum absolute atomic E-state index is 8.32. The van der Waals surface area contributed by atoms with Crippen LogP contribution < -0.4 is 18.3 Å². The van der Waals surface area contributed by atoms with Crippen LogP contribution in [0, 0.1) is 95.5 Å². The second-order valence-electron chi connectivity index (χ2n) is 19.3. The predicted molar refractivity (Wildman–Crippen MR) is 316 cm³/mol. The van der Waals surface area contributed by atoms with Crippen molar-refractivity contribution in [3.8, 4) is 45.0 Å². The summed E-state index contributed by atoms with van der Waals surface area (Å²) in [6, 6.07) is 27.7. The second-order valence-corrected chi connectivity index (χ2v) is 19.3. The zero-order valence-electron chi connectivity index (χ0n) is 73.5. The number of aryl methyl sites for hydroxylation is 18. The average molecular weight is 1020 g/mol. The Morgan fingerprint density at radius 2 is 0.878 bits per heavy atom. The average Bonchev–Trinajstić information content (AvgIpc) is 0.761. The van der Waals surface area contributed by atoms with E-state index in [1.54, 1.807) is 153 Å². The van der Waals surface area contributed by atoms with Crippen molar-refractivity contribution in [1.29, 1.82) is 0 Å². The van der Waals surface area contributed by atoms with Gasteiger partial charge in [0.15, 0.2) is 24.8 Å². The molecule has 4 aromatic carbocycles. The smallest absolute Gasteiger partial charge is 0.201 e. The molecule has 0 saturated carbocycles. The lowest BCUT2D eigenvalue weighted by Gasteiger charge is -2.11.